The summed E-state index contributed by atoms with van der Waals surface area (Å²) in [6, 6.07) is 4.94. The van der Waals surface area contributed by atoms with Crippen LogP contribution in [-0.4, -0.2) is 24.5 Å². The van der Waals surface area contributed by atoms with Crippen molar-refractivity contribution in [3.63, 3.8) is 0 Å². The third kappa shape index (κ3) is 6.21. The highest BCUT2D eigenvalue weighted by Crippen LogP contribution is 2.18. The van der Waals surface area contributed by atoms with Gasteiger partial charge >= 0.3 is 0 Å². The predicted octanol–water partition coefficient (Wildman–Crippen LogP) is 3.58. The molecule has 0 aliphatic heterocycles. The largest absolute Gasteiger partial charge is 0.399 e. The fourth-order valence-corrected chi connectivity index (χ4v) is 2.44. The lowest BCUT2D eigenvalue weighted by atomic mass is 10.1. The zero-order valence-corrected chi connectivity index (χ0v) is 12.8. The van der Waals surface area contributed by atoms with Gasteiger partial charge in [-0.1, -0.05) is 24.4 Å². The quantitative estimate of drug-likeness (QED) is 0.570. The molecule has 5 heteroatoms. The van der Waals surface area contributed by atoms with Gasteiger partial charge in [-0.25, -0.2) is 0 Å². The summed E-state index contributed by atoms with van der Waals surface area (Å²) in [5.74, 6) is 1.06. The normalized spacial score (nSPS) is 10.4. The number of halogens is 1. The Balaban J connectivity index is 2.26. The Morgan fingerprint density at radius 1 is 1.32 bits per heavy atom. The first-order valence-corrected chi connectivity index (χ1v) is 8.24. The monoisotopic (exact) mass is 300 g/mol. The second-order valence-electron chi connectivity index (χ2n) is 4.40. The zero-order chi connectivity index (χ0) is 14.1. The highest BCUT2D eigenvalue weighted by Gasteiger charge is 2.09. The molecule has 1 amide bonds. The number of carbonyl (C=O) groups is 1. The van der Waals surface area contributed by atoms with E-state index in [1.807, 2.05) is 11.8 Å². The van der Waals surface area contributed by atoms with E-state index < -0.39 is 0 Å². The molecule has 0 radical (unpaired) electrons. The lowest BCUT2D eigenvalue weighted by Crippen LogP contribution is -2.24. The molecule has 0 bridgehead atoms. The lowest BCUT2D eigenvalue weighted by Gasteiger charge is -2.07. The molecule has 1 rings (SSSR count). The molecule has 106 valence electrons. The van der Waals surface area contributed by atoms with Gasteiger partial charge in [-0.15, -0.1) is 0 Å². The van der Waals surface area contributed by atoms with Crippen molar-refractivity contribution >= 4 is 35.0 Å². The molecule has 0 unspecified atom stereocenters. The molecule has 3 nitrogen and oxygen atoms in total. The minimum Gasteiger partial charge on any atom is -0.399 e. The summed E-state index contributed by atoms with van der Waals surface area (Å²) >= 11 is 7.84. The third-order valence-corrected chi connectivity index (χ3v) is 3.82. The highest BCUT2D eigenvalue weighted by atomic mass is 35.5. The summed E-state index contributed by atoms with van der Waals surface area (Å²) in [6.45, 7) is 0.684. The number of nitrogens with one attached hydrogen (secondary N) is 1. The van der Waals surface area contributed by atoms with Gasteiger partial charge in [0.1, 0.15) is 0 Å². The van der Waals surface area contributed by atoms with Crippen LogP contribution in [0.15, 0.2) is 18.2 Å². The van der Waals surface area contributed by atoms with E-state index in [0.29, 0.717) is 22.8 Å². The molecule has 0 aromatic heterocycles. The van der Waals surface area contributed by atoms with Crippen LogP contribution in [0.2, 0.25) is 5.02 Å². The van der Waals surface area contributed by atoms with E-state index >= 15 is 0 Å². The average Bonchev–Trinajstić information content (AvgIpc) is 2.40. The van der Waals surface area contributed by atoms with E-state index in [2.05, 4.69) is 11.6 Å². The van der Waals surface area contributed by atoms with Crippen LogP contribution in [0.1, 0.15) is 36.0 Å². The number of benzene rings is 1. The van der Waals surface area contributed by atoms with E-state index in [9.17, 15) is 4.79 Å². The minimum atomic E-state index is -0.151. The summed E-state index contributed by atoms with van der Waals surface area (Å²) in [6.07, 6.45) is 6.73. The molecular formula is C14H21ClN2OS. The van der Waals surface area contributed by atoms with Crippen molar-refractivity contribution in [3.8, 4) is 0 Å². The van der Waals surface area contributed by atoms with Crippen LogP contribution < -0.4 is 11.1 Å². The van der Waals surface area contributed by atoms with Crippen molar-refractivity contribution in [3.05, 3.63) is 28.8 Å². The van der Waals surface area contributed by atoms with Crippen molar-refractivity contribution < 1.29 is 4.79 Å². The first kappa shape index (κ1) is 16.2. The maximum atomic E-state index is 11.9. The summed E-state index contributed by atoms with van der Waals surface area (Å²) in [4.78, 5) is 11.9. The van der Waals surface area contributed by atoms with Crippen molar-refractivity contribution in [1.82, 2.24) is 5.32 Å². The number of hydrogen-bond acceptors (Lipinski definition) is 3. The minimum absolute atomic E-state index is 0.151. The van der Waals surface area contributed by atoms with Crippen LogP contribution in [0.3, 0.4) is 0 Å². The molecule has 0 saturated carbocycles. The van der Waals surface area contributed by atoms with Gasteiger partial charge in [-0.05, 0) is 43.0 Å². The van der Waals surface area contributed by atoms with E-state index in [1.54, 1.807) is 18.2 Å². The van der Waals surface area contributed by atoms with Gasteiger partial charge in [0.05, 0.1) is 10.6 Å². The number of thioether (sulfide) groups is 1. The van der Waals surface area contributed by atoms with Crippen LogP contribution >= 0.6 is 23.4 Å². The number of nitrogen functional groups attached to an aromatic ring is 1. The van der Waals surface area contributed by atoms with Gasteiger partial charge in [0, 0.05) is 12.2 Å². The smallest absolute Gasteiger partial charge is 0.252 e. The van der Waals surface area contributed by atoms with Gasteiger partial charge in [0.25, 0.3) is 5.91 Å². The number of nitrogens with two attached hydrogens (primary N) is 1. The number of anilines is 1. The summed E-state index contributed by atoms with van der Waals surface area (Å²) in [5.41, 5.74) is 6.64. The first-order chi connectivity index (χ1) is 9.15. The molecule has 0 atom stereocenters. The Bertz CT molecular complexity index is 412. The van der Waals surface area contributed by atoms with E-state index in [-0.39, 0.29) is 5.91 Å². The Hall–Kier alpha value is -0.870. The standard InChI is InChI=1S/C14H21ClN2OS/c1-19-9-5-3-2-4-8-17-14(18)12-10-11(16)6-7-13(12)15/h6-7,10H,2-5,8-9,16H2,1H3,(H,17,18). The van der Waals surface area contributed by atoms with E-state index in [4.69, 9.17) is 17.3 Å². The molecule has 0 fully saturated rings. The first-order valence-electron chi connectivity index (χ1n) is 6.47. The number of rotatable bonds is 8. The lowest BCUT2D eigenvalue weighted by molar-refractivity contribution is 0.0953. The van der Waals surface area contributed by atoms with Gasteiger partial charge in [-0.3, -0.25) is 4.79 Å². The van der Waals surface area contributed by atoms with Gasteiger partial charge in [-0.2, -0.15) is 11.8 Å². The van der Waals surface area contributed by atoms with Gasteiger partial charge in [0.2, 0.25) is 0 Å². The number of amides is 1. The number of carbonyl (C=O) groups excluding carboxylic acids is 1. The molecule has 0 spiro atoms. The number of hydrogen-bond donors (Lipinski definition) is 2. The topological polar surface area (TPSA) is 55.1 Å². The average molecular weight is 301 g/mol. The molecule has 0 aliphatic carbocycles. The van der Waals surface area contributed by atoms with Crippen molar-refractivity contribution in [2.45, 2.75) is 25.7 Å². The predicted molar refractivity (Wildman–Crippen MR) is 85.0 cm³/mol. The Kier molecular flexibility index (Phi) is 7.75. The number of unbranched alkanes of at least 4 members (excludes halogenated alkanes) is 3. The molecular weight excluding hydrogens is 280 g/mol. The van der Waals surface area contributed by atoms with Crippen molar-refractivity contribution in [1.29, 1.82) is 0 Å². The van der Waals surface area contributed by atoms with Crippen LogP contribution in [0.5, 0.6) is 0 Å². The third-order valence-electron chi connectivity index (χ3n) is 2.80. The zero-order valence-electron chi connectivity index (χ0n) is 11.2. The van der Waals surface area contributed by atoms with Crippen molar-refractivity contribution in [2.24, 2.45) is 0 Å². The molecule has 0 aliphatic rings. The second kappa shape index (κ2) is 9.10. The molecule has 3 N–H and O–H groups in total. The van der Waals surface area contributed by atoms with Gasteiger partial charge < -0.3 is 11.1 Å². The summed E-state index contributed by atoms with van der Waals surface area (Å²) in [7, 11) is 0. The summed E-state index contributed by atoms with van der Waals surface area (Å²) in [5, 5.41) is 3.31. The Labute approximate surface area is 124 Å². The fourth-order valence-electron chi connectivity index (χ4n) is 1.74. The van der Waals surface area contributed by atoms with E-state index in [1.165, 1.54) is 18.6 Å². The van der Waals surface area contributed by atoms with Crippen LogP contribution in [-0.2, 0) is 0 Å². The van der Waals surface area contributed by atoms with Crippen LogP contribution in [0.25, 0.3) is 0 Å². The second-order valence-corrected chi connectivity index (χ2v) is 5.79. The SMILES string of the molecule is CSCCCCCCNC(=O)c1cc(N)ccc1Cl. The molecule has 1 aromatic carbocycles. The molecule has 0 saturated heterocycles. The van der Waals surface area contributed by atoms with Crippen molar-refractivity contribution in [2.75, 3.05) is 24.3 Å². The highest BCUT2D eigenvalue weighted by molar-refractivity contribution is 7.98. The molecule has 19 heavy (non-hydrogen) atoms. The maximum absolute atomic E-state index is 11.9. The van der Waals surface area contributed by atoms with Crippen LogP contribution in [0, 0.1) is 0 Å². The molecule has 0 heterocycles. The van der Waals surface area contributed by atoms with Gasteiger partial charge in [0.15, 0.2) is 0 Å². The van der Waals surface area contributed by atoms with E-state index in [0.717, 1.165) is 12.8 Å². The Morgan fingerprint density at radius 3 is 2.79 bits per heavy atom. The Morgan fingerprint density at radius 2 is 2.05 bits per heavy atom. The fraction of sp³-hybridized carbons (Fsp3) is 0.500. The summed E-state index contributed by atoms with van der Waals surface area (Å²) < 4.78 is 0. The molecule has 1 aromatic rings. The maximum Gasteiger partial charge on any atom is 0.252 e. The van der Waals surface area contributed by atoms with Crippen LogP contribution in [0.4, 0.5) is 5.69 Å².